The summed E-state index contributed by atoms with van der Waals surface area (Å²) in [5.41, 5.74) is 0.159. The van der Waals surface area contributed by atoms with Crippen molar-refractivity contribution in [3.05, 3.63) is 24.3 Å². The van der Waals surface area contributed by atoms with Crippen molar-refractivity contribution in [1.29, 1.82) is 0 Å². The average Bonchev–Trinajstić information content (AvgIpc) is 1.96. The summed E-state index contributed by atoms with van der Waals surface area (Å²) in [6.45, 7) is 4.28. The molecule has 0 fully saturated rings. The second-order valence-electron chi connectivity index (χ2n) is 2.95. The van der Waals surface area contributed by atoms with Gasteiger partial charge in [0.05, 0.1) is 0 Å². The van der Waals surface area contributed by atoms with Gasteiger partial charge in [-0.25, -0.2) is 0 Å². The molecular weight excluding hydrogens is 124 g/mol. The van der Waals surface area contributed by atoms with Crippen molar-refractivity contribution in [1.82, 2.24) is 0 Å². The minimum Gasteiger partial charge on any atom is -0.274 e. The molecular formula is C9H13O+. The molecule has 0 bridgehead atoms. The number of rotatable bonds is 1. The second kappa shape index (κ2) is 2.41. The molecule has 1 aliphatic rings. The summed E-state index contributed by atoms with van der Waals surface area (Å²) < 4.78 is 0. The average molecular weight is 137 g/mol. The van der Waals surface area contributed by atoms with Crippen LogP contribution in [0.25, 0.3) is 0 Å². The highest BCUT2D eigenvalue weighted by Gasteiger charge is 2.19. The van der Waals surface area contributed by atoms with Crippen LogP contribution in [-0.2, 0) is 0 Å². The summed E-state index contributed by atoms with van der Waals surface area (Å²) in [5.74, 6) is 0.353. The zero-order valence-electron chi connectivity index (χ0n) is 6.46. The Morgan fingerprint density at radius 2 is 1.90 bits per heavy atom. The van der Waals surface area contributed by atoms with Gasteiger partial charge in [-0.3, -0.25) is 4.79 Å². The highest BCUT2D eigenvalue weighted by atomic mass is 16.1. The Morgan fingerprint density at radius 3 is 2.30 bits per heavy atom. The van der Waals surface area contributed by atoms with E-state index in [1.165, 1.54) is 0 Å². The van der Waals surface area contributed by atoms with Crippen molar-refractivity contribution in [2.45, 2.75) is 20.3 Å². The Bertz CT molecular complexity index is 183. The van der Waals surface area contributed by atoms with E-state index in [-0.39, 0.29) is 5.41 Å². The van der Waals surface area contributed by atoms with E-state index in [0.29, 0.717) is 5.78 Å². The number of carbonyl (C=O) groups excluding carboxylic acids is 1. The Balaban J connectivity index is 2.78. The van der Waals surface area contributed by atoms with Gasteiger partial charge in [-0.2, -0.15) is 0 Å². The van der Waals surface area contributed by atoms with Gasteiger partial charge in [0.2, 0.25) is 0 Å². The molecule has 0 radical (unpaired) electrons. The van der Waals surface area contributed by atoms with E-state index in [4.69, 9.17) is 4.79 Å². The van der Waals surface area contributed by atoms with E-state index >= 15 is 0 Å². The van der Waals surface area contributed by atoms with Gasteiger partial charge in [0.15, 0.2) is 0 Å². The fourth-order valence-corrected chi connectivity index (χ4v) is 0.898. The lowest BCUT2D eigenvalue weighted by Gasteiger charge is -2.19. The van der Waals surface area contributed by atoms with Crippen LogP contribution in [0.5, 0.6) is 0 Å². The molecule has 0 amide bonds. The standard InChI is InChI=1S/C9H12O/c1-3-9(2)6-4-8(10)5-7-9/h4-7H,3H2,1-2H3/p+1. The largest absolute Gasteiger partial charge is 0.339 e. The number of ketones is 1. The molecule has 1 N–H and O–H groups in total. The third-order valence-electron chi connectivity index (χ3n) is 2.03. The van der Waals surface area contributed by atoms with Gasteiger partial charge in [0, 0.05) is 17.6 Å². The van der Waals surface area contributed by atoms with E-state index in [1.54, 1.807) is 12.2 Å². The molecule has 1 nitrogen and oxygen atoms in total. The van der Waals surface area contributed by atoms with Crippen LogP contribution < -0.4 is 0 Å². The molecule has 0 spiro atoms. The first-order valence-electron chi connectivity index (χ1n) is 3.61. The third-order valence-corrected chi connectivity index (χ3v) is 2.03. The minimum absolute atomic E-state index is 0.159. The van der Waals surface area contributed by atoms with E-state index in [0.717, 1.165) is 6.42 Å². The maximum Gasteiger partial charge on any atom is 0.339 e. The van der Waals surface area contributed by atoms with Gasteiger partial charge in [0.25, 0.3) is 0 Å². The minimum atomic E-state index is 0.159. The molecule has 0 aromatic heterocycles. The lowest BCUT2D eigenvalue weighted by molar-refractivity contribution is 0.526. The highest BCUT2D eigenvalue weighted by Crippen LogP contribution is 2.26. The zero-order valence-corrected chi connectivity index (χ0v) is 6.46. The van der Waals surface area contributed by atoms with E-state index in [9.17, 15) is 0 Å². The summed E-state index contributed by atoms with van der Waals surface area (Å²) in [5, 5.41) is 0. The predicted octanol–water partition coefficient (Wildman–Crippen LogP) is 2.07. The maximum absolute atomic E-state index is 8.98. The molecule has 0 atom stereocenters. The van der Waals surface area contributed by atoms with Crippen molar-refractivity contribution in [3.63, 3.8) is 0 Å². The van der Waals surface area contributed by atoms with Gasteiger partial charge >= 0.3 is 5.78 Å². The first-order valence-corrected chi connectivity index (χ1v) is 3.61. The van der Waals surface area contributed by atoms with Crippen LogP contribution in [0.1, 0.15) is 20.3 Å². The molecule has 0 aromatic carbocycles. The van der Waals surface area contributed by atoms with E-state index in [1.807, 2.05) is 12.2 Å². The van der Waals surface area contributed by atoms with Crippen molar-refractivity contribution >= 4 is 5.78 Å². The molecule has 54 valence electrons. The quantitative estimate of drug-likeness (QED) is 0.493. The molecule has 0 saturated heterocycles. The first-order chi connectivity index (χ1) is 4.66. The van der Waals surface area contributed by atoms with E-state index in [2.05, 4.69) is 13.8 Å². The summed E-state index contributed by atoms with van der Waals surface area (Å²) >= 11 is 0. The highest BCUT2D eigenvalue weighted by molar-refractivity contribution is 6.01. The smallest absolute Gasteiger partial charge is 0.274 e. The van der Waals surface area contributed by atoms with E-state index < -0.39 is 0 Å². The molecule has 1 rings (SSSR count). The topological polar surface area (TPSA) is 21.4 Å². The summed E-state index contributed by atoms with van der Waals surface area (Å²) in [6.07, 6.45) is 8.64. The van der Waals surface area contributed by atoms with Crippen LogP contribution in [0, 0.1) is 5.41 Å². The van der Waals surface area contributed by atoms with Gasteiger partial charge in [0.1, 0.15) is 0 Å². The lowest BCUT2D eigenvalue weighted by atomic mass is 9.84. The molecule has 0 aliphatic heterocycles. The molecule has 0 heterocycles. The summed E-state index contributed by atoms with van der Waals surface area (Å²) in [7, 11) is 0. The fourth-order valence-electron chi connectivity index (χ4n) is 0.898. The molecule has 10 heavy (non-hydrogen) atoms. The molecule has 0 saturated carbocycles. The van der Waals surface area contributed by atoms with Gasteiger partial charge < -0.3 is 0 Å². The monoisotopic (exact) mass is 137 g/mol. The third kappa shape index (κ3) is 1.35. The second-order valence-corrected chi connectivity index (χ2v) is 2.95. The summed E-state index contributed by atoms with van der Waals surface area (Å²) in [6, 6.07) is 0. The fraction of sp³-hybridized carbons (Fsp3) is 0.444. The van der Waals surface area contributed by atoms with Crippen LogP contribution in [0.4, 0.5) is 0 Å². The Hall–Kier alpha value is -0.850. The Kier molecular flexibility index (Phi) is 1.75. The van der Waals surface area contributed by atoms with Gasteiger partial charge in [-0.15, -0.1) is 0 Å². The number of hydrogen-bond donors (Lipinski definition) is 0. The summed E-state index contributed by atoms with van der Waals surface area (Å²) in [4.78, 5) is 8.98. The predicted molar refractivity (Wildman–Crippen MR) is 43.6 cm³/mol. The van der Waals surface area contributed by atoms with Crippen LogP contribution in [0.3, 0.4) is 0 Å². The Morgan fingerprint density at radius 1 is 1.40 bits per heavy atom. The van der Waals surface area contributed by atoms with Crippen molar-refractivity contribution in [3.8, 4) is 0 Å². The Labute approximate surface area is 61.4 Å². The van der Waals surface area contributed by atoms with Crippen molar-refractivity contribution in [2.24, 2.45) is 5.41 Å². The van der Waals surface area contributed by atoms with Crippen LogP contribution in [0.15, 0.2) is 24.3 Å². The lowest BCUT2D eigenvalue weighted by Crippen LogP contribution is -2.12. The van der Waals surface area contributed by atoms with Crippen molar-refractivity contribution < 1.29 is 4.79 Å². The normalized spacial score (nSPS) is 31.2. The van der Waals surface area contributed by atoms with Crippen LogP contribution in [0.2, 0.25) is 0 Å². The number of allylic oxidation sites excluding steroid dienone is 4. The number of hydrogen-bond acceptors (Lipinski definition) is 0. The van der Waals surface area contributed by atoms with Gasteiger partial charge in [-0.1, -0.05) is 26.0 Å². The van der Waals surface area contributed by atoms with Crippen LogP contribution in [-0.4, -0.2) is 10.6 Å². The molecule has 0 aromatic rings. The first kappa shape index (κ1) is 7.26. The molecule has 1 aliphatic carbocycles. The zero-order chi connectivity index (χ0) is 7.61. The van der Waals surface area contributed by atoms with Crippen molar-refractivity contribution in [2.75, 3.05) is 0 Å². The van der Waals surface area contributed by atoms with Gasteiger partial charge in [-0.05, 0) is 6.42 Å². The molecule has 1 heteroatoms. The molecule has 0 unspecified atom stereocenters. The maximum atomic E-state index is 8.98. The van der Waals surface area contributed by atoms with Crippen LogP contribution >= 0.6 is 0 Å². The SMILES string of the molecule is CCC1(C)C=CC(=[OH+])C=C1.